The molecule has 0 aliphatic carbocycles. The molecule has 0 N–H and O–H groups in total. The summed E-state index contributed by atoms with van der Waals surface area (Å²) in [7, 11) is 0. The highest BCUT2D eigenvalue weighted by molar-refractivity contribution is 4.92. The molecule has 1 unspecified atom stereocenters. The van der Waals surface area contributed by atoms with Crippen LogP contribution in [-0.2, 0) is 4.74 Å². The zero-order chi connectivity index (χ0) is 6.16. The van der Waals surface area contributed by atoms with Crippen molar-refractivity contribution in [2.75, 3.05) is 19.7 Å². The molecule has 2 fully saturated rings. The number of hydrogen-bond acceptors (Lipinski definition) is 1. The first-order valence-electron chi connectivity index (χ1n) is 3.69. The average Bonchev–Trinajstić information content (AvgIpc) is 2.45. The van der Waals surface area contributed by atoms with E-state index >= 15 is 0 Å². The van der Waals surface area contributed by atoms with E-state index in [0.29, 0.717) is 0 Å². The maximum atomic E-state index is 5.61. The Hall–Kier alpha value is -0.0800. The molecular weight excluding hydrogens is 114 g/mol. The molecule has 2 heterocycles. The lowest BCUT2D eigenvalue weighted by atomic mass is 10.00. The van der Waals surface area contributed by atoms with Gasteiger partial charge in [-0.1, -0.05) is 0 Å². The molecule has 2 heteroatoms. The molecule has 1 atom stereocenters. The van der Waals surface area contributed by atoms with E-state index in [9.17, 15) is 0 Å². The summed E-state index contributed by atoms with van der Waals surface area (Å²) < 4.78 is 5.61. The predicted molar refractivity (Wildman–Crippen MR) is 34.4 cm³/mol. The van der Waals surface area contributed by atoms with E-state index in [1.165, 1.54) is 19.3 Å². The molecule has 2 saturated heterocycles. The second kappa shape index (κ2) is 1.96. The zero-order valence-electron chi connectivity index (χ0n) is 5.60. The molecule has 51 valence electrons. The first-order valence-corrected chi connectivity index (χ1v) is 3.69. The third-order valence-electron chi connectivity index (χ3n) is 2.31. The van der Waals surface area contributed by atoms with Crippen LogP contribution >= 0.6 is 0 Å². The van der Waals surface area contributed by atoms with Gasteiger partial charge in [0.05, 0.1) is 5.60 Å². The Morgan fingerprint density at radius 2 is 2.33 bits per heavy atom. The molecule has 0 bridgehead atoms. The van der Waals surface area contributed by atoms with E-state index in [1.807, 2.05) is 0 Å². The van der Waals surface area contributed by atoms with Crippen molar-refractivity contribution in [2.24, 2.45) is 0 Å². The molecular formula is C7H12NO. The maximum Gasteiger partial charge on any atom is 0.0836 e. The van der Waals surface area contributed by atoms with Crippen LogP contribution in [0.15, 0.2) is 0 Å². The molecule has 1 radical (unpaired) electrons. The topological polar surface area (TPSA) is 23.3 Å². The lowest BCUT2D eigenvalue weighted by Gasteiger charge is -2.19. The van der Waals surface area contributed by atoms with E-state index in [-0.39, 0.29) is 5.60 Å². The van der Waals surface area contributed by atoms with Crippen LogP contribution in [0.25, 0.3) is 0 Å². The van der Waals surface area contributed by atoms with Gasteiger partial charge in [-0.2, -0.15) is 0 Å². The normalized spacial score (nSPS) is 42.7. The summed E-state index contributed by atoms with van der Waals surface area (Å²) in [6.45, 7) is 2.96. The monoisotopic (exact) mass is 126 g/mol. The Morgan fingerprint density at radius 1 is 1.33 bits per heavy atom. The van der Waals surface area contributed by atoms with Crippen molar-refractivity contribution in [1.29, 1.82) is 0 Å². The van der Waals surface area contributed by atoms with Crippen LogP contribution in [0.2, 0.25) is 0 Å². The Balaban J connectivity index is 2.04. The van der Waals surface area contributed by atoms with Gasteiger partial charge in [-0.15, -0.1) is 0 Å². The standard InChI is InChI=1S/C7H12NO/c1-2-7(9-5-1)3-4-8-6-7/h1-6H2. The fourth-order valence-electron chi connectivity index (χ4n) is 1.72. The maximum absolute atomic E-state index is 5.61. The van der Waals surface area contributed by atoms with Crippen LogP contribution in [0.1, 0.15) is 19.3 Å². The summed E-state index contributed by atoms with van der Waals surface area (Å²) in [6, 6.07) is 0. The van der Waals surface area contributed by atoms with E-state index in [2.05, 4.69) is 5.32 Å². The zero-order valence-corrected chi connectivity index (χ0v) is 5.60. The Morgan fingerprint density at radius 3 is 2.89 bits per heavy atom. The van der Waals surface area contributed by atoms with Crippen LogP contribution < -0.4 is 5.32 Å². The molecule has 0 amide bonds. The number of nitrogens with zero attached hydrogens (tertiary/aromatic N) is 1. The van der Waals surface area contributed by atoms with Gasteiger partial charge >= 0.3 is 0 Å². The smallest absolute Gasteiger partial charge is 0.0836 e. The highest BCUT2D eigenvalue weighted by atomic mass is 16.5. The predicted octanol–water partition coefficient (Wildman–Crippen LogP) is 0.544. The molecule has 2 rings (SSSR count). The van der Waals surface area contributed by atoms with Crippen LogP contribution in [0.4, 0.5) is 0 Å². The number of ether oxygens (including phenoxy) is 1. The van der Waals surface area contributed by atoms with Gasteiger partial charge in [0, 0.05) is 19.7 Å². The van der Waals surface area contributed by atoms with Crippen molar-refractivity contribution in [2.45, 2.75) is 24.9 Å². The van der Waals surface area contributed by atoms with Gasteiger partial charge in [0.1, 0.15) is 0 Å². The van der Waals surface area contributed by atoms with Crippen molar-refractivity contribution < 1.29 is 4.74 Å². The van der Waals surface area contributed by atoms with Crippen molar-refractivity contribution >= 4 is 0 Å². The second-order valence-corrected chi connectivity index (χ2v) is 2.99. The molecule has 1 spiro atoms. The quantitative estimate of drug-likeness (QED) is 0.464. The van der Waals surface area contributed by atoms with E-state index in [4.69, 9.17) is 4.74 Å². The van der Waals surface area contributed by atoms with Gasteiger partial charge < -0.3 is 4.74 Å². The Labute approximate surface area is 55.6 Å². The Bertz CT molecular complexity index is 84.0. The van der Waals surface area contributed by atoms with Crippen LogP contribution in [0.5, 0.6) is 0 Å². The van der Waals surface area contributed by atoms with Gasteiger partial charge in [0.15, 0.2) is 0 Å². The third-order valence-corrected chi connectivity index (χ3v) is 2.31. The van der Waals surface area contributed by atoms with E-state index in [1.54, 1.807) is 0 Å². The number of rotatable bonds is 0. The molecule has 0 aromatic rings. The fourth-order valence-corrected chi connectivity index (χ4v) is 1.72. The van der Waals surface area contributed by atoms with Gasteiger partial charge in [-0.05, 0) is 19.3 Å². The van der Waals surface area contributed by atoms with Gasteiger partial charge in [0.2, 0.25) is 0 Å². The molecule has 0 saturated carbocycles. The largest absolute Gasteiger partial charge is 0.374 e. The van der Waals surface area contributed by atoms with Gasteiger partial charge in [-0.25, -0.2) is 5.32 Å². The van der Waals surface area contributed by atoms with Crippen LogP contribution in [0.3, 0.4) is 0 Å². The highest BCUT2D eigenvalue weighted by Crippen LogP contribution is 2.31. The van der Waals surface area contributed by atoms with Crippen LogP contribution in [-0.4, -0.2) is 25.3 Å². The summed E-state index contributed by atoms with van der Waals surface area (Å²) in [5.41, 5.74) is 0.222. The molecule has 9 heavy (non-hydrogen) atoms. The fraction of sp³-hybridized carbons (Fsp3) is 1.00. The van der Waals surface area contributed by atoms with Crippen molar-refractivity contribution in [1.82, 2.24) is 5.32 Å². The minimum atomic E-state index is 0.222. The second-order valence-electron chi connectivity index (χ2n) is 2.99. The molecule has 2 aliphatic heterocycles. The van der Waals surface area contributed by atoms with Gasteiger partial charge in [-0.3, -0.25) is 0 Å². The van der Waals surface area contributed by atoms with Gasteiger partial charge in [0.25, 0.3) is 0 Å². The van der Waals surface area contributed by atoms with E-state index in [0.717, 1.165) is 19.7 Å². The third kappa shape index (κ3) is 0.864. The minimum Gasteiger partial charge on any atom is -0.374 e. The summed E-state index contributed by atoms with van der Waals surface area (Å²) in [5, 5.41) is 4.29. The van der Waals surface area contributed by atoms with Crippen molar-refractivity contribution in [3.8, 4) is 0 Å². The summed E-state index contributed by atoms with van der Waals surface area (Å²) in [4.78, 5) is 0. The molecule has 0 aromatic heterocycles. The summed E-state index contributed by atoms with van der Waals surface area (Å²) >= 11 is 0. The van der Waals surface area contributed by atoms with Crippen molar-refractivity contribution in [3.05, 3.63) is 0 Å². The first kappa shape index (κ1) is 5.69. The summed E-state index contributed by atoms with van der Waals surface area (Å²) in [6.07, 6.45) is 3.67. The molecule has 2 nitrogen and oxygen atoms in total. The Kier molecular flexibility index (Phi) is 1.24. The van der Waals surface area contributed by atoms with Crippen LogP contribution in [0, 0.1) is 0 Å². The number of hydrogen-bond donors (Lipinski definition) is 0. The van der Waals surface area contributed by atoms with E-state index < -0.39 is 0 Å². The minimum absolute atomic E-state index is 0.222. The SMILES string of the molecule is C1COC2(C1)CC[N]C2. The summed E-state index contributed by atoms with van der Waals surface area (Å²) in [5.74, 6) is 0. The lowest BCUT2D eigenvalue weighted by molar-refractivity contribution is 0.0215. The van der Waals surface area contributed by atoms with Crippen molar-refractivity contribution in [3.63, 3.8) is 0 Å². The highest BCUT2D eigenvalue weighted by Gasteiger charge is 2.38. The lowest BCUT2D eigenvalue weighted by Crippen LogP contribution is -2.28. The molecule has 2 aliphatic rings. The molecule has 0 aromatic carbocycles. The first-order chi connectivity index (χ1) is 4.41. The average molecular weight is 126 g/mol.